The van der Waals surface area contributed by atoms with E-state index in [0.29, 0.717) is 11.1 Å². The van der Waals surface area contributed by atoms with Gasteiger partial charge in [-0.3, -0.25) is 24.2 Å². The predicted molar refractivity (Wildman–Crippen MR) is 192 cm³/mol. The van der Waals surface area contributed by atoms with Crippen LogP contribution in [-0.4, -0.2) is 48.8 Å². The number of anilines is 4. The number of nitrogens with one attached hydrogen (secondary N) is 4. The number of aryl methyl sites for hydroxylation is 2. The summed E-state index contributed by atoms with van der Waals surface area (Å²) in [5.41, 5.74) is 20.0. The average Bonchev–Trinajstić information content (AvgIpc) is 3.01. The molecule has 0 aliphatic carbocycles. The number of nitrogens with zero attached hydrogens (tertiary/aromatic N) is 1. The highest BCUT2D eigenvalue weighted by Gasteiger charge is 2.18. The molecule has 15 nitrogen and oxygen atoms in total. The van der Waals surface area contributed by atoms with Gasteiger partial charge in [-0.05, 0) is 96.1 Å². The summed E-state index contributed by atoms with van der Waals surface area (Å²) in [4.78, 5) is 0.573. The van der Waals surface area contributed by atoms with Crippen molar-refractivity contribution in [3.63, 3.8) is 0 Å². The van der Waals surface area contributed by atoms with Gasteiger partial charge in [0.25, 0.3) is 30.4 Å². The molecule has 50 heavy (non-hydrogen) atoms. The van der Waals surface area contributed by atoms with E-state index in [4.69, 9.17) is 5.73 Å². The lowest BCUT2D eigenvalue weighted by atomic mass is 10.1. The van der Waals surface area contributed by atoms with Crippen molar-refractivity contribution in [1.82, 2.24) is 9.89 Å². The number of nitrogens with two attached hydrogens (primary N) is 1. The van der Waals surface area contributed by atoms with Crippen molar-refractivity contribution in [3.05, 3.63) is 101 Å². The molecule has 0 amide bonds. The third-order valence-corrected chi connectivity index (χ3v) is 10.6. The SMILES string of the molecule is Cc1cc(Nn2[nH]c3ccc4cc(S(=O)(=O)O)ccc4c32)c(C)cc1NNc1ccc(C=Cc2ccc(N)cc2S(=O)(=O)O)c(S(=O)(=O)O)c1. The van der Waals surface area contributed by atoms with Crippen LogP contribution in [0.2, 0.25) is 0 Å². The molecular formula is C32H30N6O9S3. The van der Waals surface area contributed by atoms with E-state index in [1.165, 1.54) is 48.6 Å². The molecule has 6 rings (SSSR count). The smallest absolute Gasteiger partial charge is 0.295 e. The number of aromatic nitrogens is 2. The number of aromatic amines is 1. The predicted octanol–water partition coefficient (Wildman–Crippen LogP) is 5.55. The Balaban J connectivity index is 1.22. The molecule has 260 valence electrons. The van der Waals surface area contributed by atoms with Gasteiger partial charge in [0.1, 0.15) is 15.3 Å². The van der Waals surface area contributed by atoms with Crippen molar-refractivity contribution in [2.75, 3.05) is 22.0 Å². The van der Waals surface area contributed by atoms with Crippen LogP contribution in [0.5, 0.6) is 0 Å². The maximum Gasteiger partial charge on any atom is 0.295 e. The normalized spacial score (nSPS) is 12.6. The Hall–Kier alpha value is -5.37. The second kappa shape index (κ2) is 12.5. The Bertz CT molecular complexity index is 2700. The van der Waals surface area contributed by atoms with Crippen molar-refractivity contribution >= 4 is 87.1 Å². The highest BCUT2D eigenvalue weighted by atomic mass is 32.2. The lowest BCUT2D eigenvalue weighted by molar-refractivity contribution is 0.480. The molecule has 9 N–H and O–H groups in total. The average molecular weight is 739 g/mol. The van der Waals surface area contributed by atoms with E-state index >= 15 is 0 Å². The van der Waals surface area contributed by atoms with Gasteiger partial charge in [0, 0.05) is 11.1 Å². The maximum atomic E-state index is 12.3. The van der Waals surface area contributed by atoms with Gasteiger partial charge in [-0.25, -0.2) is 0 Å². The molecule has 1 aromatic heterocycles. The minimum Gasteiger partial charge on any atom is -0.399 e. The number of rotatable bonds is 10. The summed E-state index contributed by atoms with van der Waals surface area (Å²) in [6.45, 7) is 3.73. The van der Waals surface area contributed by atoms with E-state index in [-0.39, 0.29) is 27.4 Å². The Kier molecular flexibility index (Phi) is 8.63. The number of nitrogen functional groups attached to an aromatic ring is 1. The molecule has 0 saturated carbocycles. The molecule has 0 bridgehead atoms. The molecule has 0 unspecified atom stereocenters. The summed E-state index contributed by atoms with van der Waals surface area (Å²) < 4.78 is 100. The van der Waals surface area contributed by atoms with Crippen LogP contribution in [0.15, 0.2) is 93.5 Å². The van der Waals surface area contributed by atoms with E-state index in [0.717, 1.165) is 39.3 Å². The molecule has 18 heteroatoms. The first-order chi connectivity index (χ1) is 23.4. The fraction of sp³-hybridized carbons (Fsp3) is 0.0625. The molecular weight excluding hydrogens is 709 g/mol. The van der Waals surface area contributed by atoms with Crippen LogP contribution in [0.3, 0.4) is 0 Å². The number of hydrogen-bond donors (Lipinski definition) is 8. The molecule has 0 spiro atoms. The van der Waals surface area contributed by atoms with Crippen molar-refractivity contribution in [2.24, 2.45) is 0 Å². The van der Waals surface area contributed by atoms with E-state index in [9.17, 15) is 38.9 Å². The van der Waals surface area contributed by atoms with Crippen LogP contribution in [0.1, 0.15) is 22.3 Å². The molecule has 0 radical (unpaired) electrons. The standard InChI is InChI=1S/C32H30N6O9S3/c1-18-14-29(37-38-32-26-11-10-25(48(39,40)41)15-22(26)7-12-27(32)36-38)19(2)13-28(18)35-34-24-9-6-21(31(17-24)50(45,46)47)4-3-20-5-8-23(33)16-30(20)49(42,43)44/h3-17,34-37H,33H2,1-2H3,(H,39,40,41)(H,42,43,44)(H,45,46,47). The summed E-state index contributed by atoms with van der Waals surface area (Å²) >= 11 is 0. The summed E-state index contributed by atoms with van der Waals surface area (Å²) in [7, 11) is -13.7. The summed E-state index contributed by atoms with van der Waals surface area (Å²) in [5.74, 6) is 0. The fourth-order valence-corrected chi connectivity index (χ4v) is 7.33. The molecule has 0 aliphatic rings. The zero-order valence-corrected chi connectivity index (χ0v) is 28.7. The first-order valence-corrected chi connectivity index (χ1v) is 18.9. The summed E-state index contributed by atoms with van der Waals surface area (Å²) in [6, 6.07) is 19.6. The lowest BCUT2D eigenvalue weighted by Crippen LogP contribution is -2.20. The van der Waals surface area contributed by atoms with E-state index in [2.05, 4.69) is 21.4 Å². The number of benzene rings is 5. The zero-order chi connectivity index (χ0) is 36.2. The fourth-order valence-electron chi connectivity index (χ4n) is 5.39. The second-order valence-corrected chi connectivity index (χ2v) is 15.6. The minimum atomic E-state index is -4.72. The molecule has 1 heterocycles. The molecule has 0 aliphatic heterocycles. The number of hydrogen-bond acceptors (Lipinski definition) is 10. The molecule has 6 aromatic rings. The van der Waals surface area contributed by atoms with Gasteiger partial charge < -0.3 is 16.6 Å². The molecule has 0 saturated heterocycles. The molecule has 5 aromatic carbocycles. The van der Waals surface area contributed by atoms with Crippen molar-refractivity contribution < 1.29 is 38.9 Å². The third-order valence-electron chi connectivity index (χ3n) is 7.91. The van der Waals surface area contributed by atoms with Crippen molar-refractivity contribution in [3.8, 4) is 0 Å². The van der Waals surface area contributed by atoms with Crippen LogP contribution >= 0.6 is 0 Å². The summed E-state index contributed by atoms with van der Waals surface area (Å²) in [6.07, 6.45) is 2.56. The van der Waals surface area contributed by atoms with Crippen LogP contribution in [-0.2, 0) is 30.4 Å². The first kappa shape index (κ1) is 34.5. The Morgan fingerprint density at radius 3 is 1.96 bits per heavy atom. The number of hydrazine groups is 1. The monoisotopic (exact) mass is 738 g/mol. The zero-order valence-electron chi connectivity index (χ0n) is 26.2. The molecule has 0 atom stereocenters. The second-order valence-electron chi connectivity index (χ2n) is 11.4. The van der Waals surface area contributed by atoms with Gasteiger partial charge in [-0.2, -0.15) is 30.0 Å². The van der Waals surface area contributed by atoms with Gasteiger partial charge in [0.05, 0.1) is 27.5 Å². The molecule has 0 fully saturated rings. The van der Waals surface area contributed by atoms with Crippen molar-refractivity contribution in [2.45, 2.75) is 28.5 Å². The van der Waals surface area contributed by atoms with Crippen LogP contribution in [0.25, 0.3) is 34.0 Å². The Morgan fingerprint density at radius 2 is 1.30 bits per heavy atom. The topological polar surface area (TPSA) is 246 Å². The highest BCUT2D eigenvalue weighted by Crippen LogP contribution is 2.31. The van der Waals surface area contributed by atoms with Gasteiger partial charge in [0.15, 0.2) is 0 Å². The van der Waals surface area contributed by atoms with E-state index < -0.39 is 40.1 Å². The van der Waals surface area contributed by atoms with E-state index in [1.807, 2.05) is 26.0 Å². The quantitative estimate of drug-likeness (QED) is 0.0372. The highest BCUT2D eigenvalue weighted by molar-refractivity contribution is 7.86. The number of fused-ring (bicyclic) bond motifs is 3. The lowest BCUT2D eigenvalue weighted by Gasteiger charge is -2.22. The Morgan fingerprint density at radius 1 is 0.680 bits per heavy atom. The Labute approximate surface area is 286 Å². The van der Waals surface area contributed by atoms with Gasteiger partial charge in [-0.15, -0.1) is 0 Å². The van der Waals surface area contributed by atoms with Gasteiger partial charge >= 0.3 is 0 Å². The maximum absolute atomic E-state index is 12.3. The summed E-state index contributed by atoms with van der Waals surface area (Å²) in [5, 5.41) is 4.56. The largest absolute Gasteiger partial charge is 0.399 e. The third kappa shape index (κ3) is 7.01. The van der Waals surface area contributed by atoms with Gasteiger partial charge in [-0.1, -0.05) is 36.4 Å². The van der Waals surface area contributed by atoms with E-state index in [1.54, 1.807) is 29.1 Å². The first-order valence-electron chi connectivity index (χ1n) is 14.6. The van der Waals surface area contributed by atoms with Gasteiger partial charge in [0.2, 0.25) is 0 Å². The van der Waals surface area contributed by atoms with Crippen molar-refractivity contribution in [1.29, 1.82) is 0 Å². The number of H-pyrrole nitrogens is 1. The minimum absolute atomic E-state index is 0.0476. The van der Waals surface area contributed by atoms with Crippen LogP contribution < -0.4 is 22.0 Å². The van der Waals surface area contributed by atoms with Crippen LogP contribution in [0.4, 0.5) is 22.7 Å². The van der Waals surface area contributed by atoms with Crippen LogP contribution in [0, 0.1) is 13.8 Å².